The number of ether oxygens (including phenoxy) is 3. The van der Waals surface area contributed by atoms with Crippen LogP contribution in [0.1, 0.15) is 0 Å². The van der Waals surface area contributed by atoms with E-state index in [0.717, 1.165) is 5.56 Å². The smallest absolute Gasteiger partial charge is 0.296 e. The van der Waals surface area contributed by atoms with Gasteiger partial charge in [-0.25, -0.2) is 4.98 Å². The van der Waals surface area contributed by atoms with Crippen LogP contribution in [-0.4, -0.2) is 67.9 Å². The Kier molecular flexibility index (Phi) is 3.42. The summed E-state index contributed by atoms with van der Waals surface area (Å²) in [5.74, 6) is 0. The van der Waals surface area contributed by atoms with Crippen molar-refractivity contribution in [1.29, 1.82) is 0 Å². The Morgan fingerprint density at radius 1 is 1.24 bits per heavy atom. The predicted octanol–water partition coefficient (Wildman–Crippen LogP) is 0.907. The van der Waals surface area contributed by atoms with Gasteiger partial charge in [0.2, 0.25) is 0 Å². The minimum atomic E-state index is -0.618. The second kappa shape index (κ2) is 5.67. The van der Waals surface area contributed by atoms with Crippen LogP contribution in [0.5, 0.6) is 6.01 Å². The first kappa shape index (κ1) is 15.1. The van der Waals surface area contributed by atoms with Crippen LogP contribution in [-0.2, 0) is 9.47 Å². The van der Waals surface area contributed by atoms with Crippen molar-refractivity contribution in [3.05, 3.63) is 23.5 Å². The quantitative estimate of drug-likeness (QED) is 0.632. The van der Waals surface area contributed by atoms with Gasteiger partial charge in [-0.05, 0) is 6.07 Å². The molecule has 0 radical (unpaired) electrons. The third kappa shape index (κ3) is 2.47. The van der Waals surface area contributed by atoms with Crippen LogP contribution in [0.2, 0.25) is 5.02 Å². The number of imidazole rings is 1. The Hall–Kier alpha value is -2.20. The van der Waals surface area contributed by atoms with Gasteiger partial charge in [0.1, 0.15) is 18.3 Å². The van der Waals surface area contributed by atoms with E-state index in [2.05, 4.69) is 25.1 Å². The van der Waals surface area contributed by atoms with E-state index in [1.165, 1.54) is 0 Å². The largest absolute Gasteiger partial charge is 0.456 e. The average molecular weight is 364 g/mol. The summed E-state index contributed by atoms with van der Waals surface area (Å²) < 4.78 is 17.0. The molecule has 0 aromatic carbocycles. The van der Waals surface area contributed by atoms with E-state index in [4.69, 9.17) is 25.8 Å². The molecular weight excluding hydrogens is 350 g/mol. The topological polar surface area (TPSA) is 118 Å². The lowest BCUT2D eigenvalue weighted by Gasteiger charge is -2.15. The number of aromatic nitrogens is 5. The van der Waals surface area contributed by atoms with Gasteiger partial charge in [0.15, 0.2) is 11.8 Å². The van der Waals surface area contributed by atoms with Crippen LogP contribution >= 0.6 is 11.6 Å². The second-order valence-corrected chi connectivity index (χ2v) is 6.45. The number of aliphatic hydroxyl groups is 1. The zero-order valence-corrected chi connectivity index (χ0v) is 13.6. The molecule has 2 saturated heterocycles. The Bertz CT molecular complexity index is 914. The summed E-state index contributed by atoms with van der Waals surface area (Å²) in [6.07, 6.45) is 1.74. The van der Waals surface area contributed by atoms with E-state index in [-0.39, 0.29) is 24.9 Å². The molecule has 9 nitrogen and oxygen atoms in total. The summed E-state index contributed by atoms with van der Waals surface area (Å²) >= 11 is 6.30. The summed E-state index contributed by atoms with van der Waals surface area (Å²) in [4.78, 5) is 11.9. The molecule has 0 aliphatic carbocycles. The fourth-order valence-corrected chi connectivity index (χ4v) is 3.48. The lowest BCUT2D eigenvalue weighted by molar-refractivity contribution is 0.00706. The Labute approximate surface area is 146 Å². The lowest BCUT2D eigenvalue weighted by atomic mass is 10.1. The van der Waals surface area contributed by atoms with E-state index >= 15 is 0 Å². The van der Waals surface area contributed by atoms with Crippen LogP contribution in [0.25, 0.3) is 22.4 Å². The number of fused-ring (bicyclic) bond motifs is 2. The molecular formula is C15H14ClN5O4. The van der Waals surface area contributed by atoms with E-state index in [1.807, 2.05) is 0 Å². The van der Waals surface area contributed by atoms with Gasteiger partial charge in [-0.3, -0.25) is 5.10 Å². The molecule has 3 N–H and O–H groups in total. The molecule has 0 saturated carbocycles. The normalized spacial score (nSPS) is 28.6. The maximum absolute atomic E-state index is 9.79. The first-order valence-corrected chi connectivity index (χ1v) is 8.20. The number of aliphatic hydroxyl groups excluding tert-OH is 1. The first-order chi connectivity index (χ1) is 12.2. The Morgan fingerprint density at radius 2 is 2.12 bits per heavy atom. The first-order valence-electron chi connectivity index (χ1n) is 7.82. The second-order valence-electron chi connectivity index (χ2n) is 6.04. The van der Waals surface area contributed by atoms with Gasteiger partial charge in [0.05, 0.1) is 35.6 Å². The number of aromatic amines is 2. The zero-order valence-electron chi connectivity index (χ0n) is 12.8. The SMILES string of the molecule is O[C@@H]1CO[C@H]2[C@@H]1OC[C@H]2Oc1nc2nc(-c3cn[nH]c3)c(Cl)cc2[nH]1. The van der Waals surface area contributed by atoms with Gasteiger partial charge in [-0.15, -0.1) is 0 Å². The Balaban J connectivity index is 1.43. The molecule has 130 valence electrons. The van der Waals surface area contributed by atoms with E-state index in [9.17, 15) is 5.11 Å². The molecule has 0 spiro atoms. The number of hydrogen-bond donors (Lipinski definition) is 3. The number of nitrogens with zero attached hydrogens (tertiary/aromatic N) is 3. The molecule has 10 heteroatoms. The van der Waals surface area contributed by atoms with Crippen LogP contribution in [0.4, 0.5) is 0 Å². The highest BCUT2D eigenvalue weighted by Crippen LogP contribution is 2.31. The monoisotopic (exact) mass is 363 g/mol. The van der Waals surface area contributed by atoms with Crippen molar-refractivity contribution in [1.82, 2.24) is 25.1 Å². The highest BCUT2D eigenvalue weighted by Gasteiger charge is 2.48. The van der Waals surface area contributed by atoms with Crippen molar-refractivity contribution in [2.24, 2.45) is 0 Å². The van der Waals surface area contributed by atoms with E-state index in [1.54, 1.807) is 18.5 Å². The van der Waals surface area contributed by atoms with Crippen LogP contribution < -0.4 is 4.74 Å². The van der Waals surface area contributed by atoms with E-state index in [0.29, 0.717) is 34.5 Å². The summed E-state index contributed by atoms with van der Waals surface area (Å²) in [7, 11) is 0. The highest BCUT2D eigenvalue weighted by atomic mass is 35.5. The average Bonchev–Trinajstić information content (AvgIpc) is 3.34. The summed E-state index contributed by atoms with van der Waals surface area (Å²) in [6, 6.07) is 2.05. The molecule has 0 bridgehead atoms. The summed E-state index contributed by atoms with van der Waals surface area (Å²) in [5.41, 5.74) is 2.51. The van der Waals surface area contributed by atoms with Gasteiger partial charge in [0, 0.05) is 11.8 Å². The molecule has 5 rings (SSSR count). The standard InChI is InChI=1S/C15H14ClN5O4/c16-7-1-8-14(20-11(7)6-2-17-18-3-6)21-15(19-8)25-10-5-24-12-9(22)4-23-13(10)12/h1-3,9-10,12-13,22H,4-5H2,(H,17,18)(H,19,20,21)/t9-,10-,12-,13-/m1/s1. The fraction of sp³-hybridized carbons (Fsp3) is 0.400. The fourth-order valence-electron chi connectivity index (χ4n) is 3.22. The third-order valence-corrected chi connectivity index (χ3v) is 4.71. The van der Waals surface area contributed by atoms with Crippen LogP contribution in [0.15, 0.2) is 18.5 Å². The van der Waals surface area contributed by atoms with Crippen molar-refractivity contribution in [3.8, 4) is 17.3 Å². The third-order valence-electron chi connectivity index (χ3n) is 4.42. The lowest BCUT2D eigenvalue weighted by Crippen LogP contribution is -2.34. The molecule has 5 heterocycles. The number of hydrogen-bond acceptors (Lipinski definition) is 7. The van der Waals surface area contributed by atoms with Crippen molar-refractivity contribution < 1.29 is 19.3 Å². The van der Waals surface area contributed by atoms with Crippen LogP contribution in [0, 0.1) is 0 Å². The number of halogens is 1. The maximum Gasteiger partial charge on any atom is 0.296 e. The predicted molar refractivity (Wildman–Crippen MR) is 86.4 cm³/mol. The minimum Gasteiger partial charge on any atom is -0.456 e. The van der Waals surface area contributed by atoms with Gasteiger partial charge < -0.3 is 24.3 Å². The molecule has 4 atom stereocenters. The summed E-state index contributed by atoms with van der Waals surface area (Å²) in [5, 5.41) is 16.9. The highest BCUT2D eigenvalue weighted by molar-refractivity contribution is 6.33. The van der Waals surface area contributed by atoms with Crippen molar-refractivity contribution in [3.63, 3.8) is 0 Å². The van der Waals surface area contributed by atoms with Gasteiger partial charge in [0.25, 0.3) is 6.01 Å². The van der Waals surface area contributed by atoms with Crippen molar-refractivity contribution in [2.45, 2.75) is 24.4 Å². The zero-order chi connectivity index (χ0) is 17.0. The summed E-state index contributed by atoms with van der Waals surface area (Å²) in [6.45, 7) is 0.582. The number of pyridine rings is 1. The van der Waals surface area contributed by atoms with Gasteiger partial charge in [-0.2, -0.15) is 10.1 Å². The molecule has 3 aromatic heterocycles. The van der Waals surface area contributed by atoms with Crippen LogP contribution in [0.3, 0.4) is 0 Å². The molecule has 0 unspecified atom stereocenters. The van der Waals surface area contributed by atoms with Gasteiger partial charge in [-0.1, -0.05) is 11.6 Å². The molecule has 0 amide bonds. The molecule has 2 aliphatic rings. The van der Waals surface area contributed by atoms with Gasteiger partial charge >= 0.3 is 0 Å². The number of nitrogens with one attached hydrogen (secondary N) is 2. The molecule has 3 aromatic rings. The molecule has 2 aliphatic heterocycles. The van der Waals surface area contributed by atoms with Crippen molar-refractivity contribution in [2.75, 3.05) is 13.2 Å². The number of H-pyrrole nitrogens is 2. The maximum atomic E-state index is 9.79. The Morgan fingerprint density at radius 3 is 2.96 bits per heavy atom. The number of rotatable bonds is 3. The molecule has 25 heavy (non-hydrogen) atoms. The molecule has 2 fully saturated rings. The van der Waals surface area contributed by atoms with E-state index < -0.39 is 6.10 Å². The van der Waals surface area contributed by atoms with Crippen molar-refractivity contribution >= 4 is 22.8 Å². The minimum absolute atomic E-state index is 0.251.